The first-order valence-corrected chi connectivity index (χ1v) is 51.6. The average molecular weight is 1870 g/mol. The van der Waals surface area contributed by atoms with Crippen molar-refractivity contribution in [2.24, 2.45) is 87.0 Å². The summed E-state index contributed by atoms with van der Waals surface area (Å²) in [6, 6.07) is 19.0. The number of nitrogens with one attached hydrogen (secondary N) is 2. The van der Waals surface area contributed by atoms with Crippen LogP contribution in [0.25, 0.3) is 17.5 Å². The number of nitrogens with two attached hydrogens (primary N) is 1. The Bertz CT molecular complexity index is 5770. The van der Waals surface area contributed by atoms with Crippen LogP contribution in [-0.2, 0) is 49.7 Å². The number of hydrogen-bond acceptors (Lipinski definition) is 22. The molecule has 3 unspecified atom stereocenters. The molecule has 9 aromatic heterocycles. The van der Waals surface area contributed by atoms with Crippen molar-refractivity contribution in [3.8, 4) is 35.1 Å². The molecule has 9 fully saturated rings. The van der Waals surface area contributed by atoms with Crippen molar-refractivity contribution in [3.05, 3.63) is 137 Å². The SMILES string of the molecule is CC1(C)CC2CCCn3ccc(n3)S(=O)(=O)NC(=O)c3ccc(-n4ccc(OCCC(C5CC5)C5CC5)n4)nc3N1C2.CC1(C)CCC(CCCn2ccc(S(=O)(=O)NC(=O)c3ccc(-n4ccc(OCCC(C5CC5)C5CC5)n4)nc3Cl)n2)C1.CC1(C)CCC(CCCn2ccc(S(N)(=O)=O)n2)C1.O=C(O)c1ccc(-n2ccc(OCCC(C3CC3)C3CC3)n2)nc1Cl. The number of halogens is 2. The van der Waals surface area contributed by atoms with E-state index in [9.17, 15) is 39.6 Å². The summed E-state index contributed by atoms with van der Waals surface area (Å²) in [5, 5.41) is 39.2. The number of hydrogen-bond donors (Lipinski definition) is 4. The highest BCUT2D eigenvalue weighted by Gasteiger charge is 2.45. The van der Waals surface area contributed by atoms with Crippen LogP contribution in [0.4, 0.5) is 5.82 Å². The van der Waals surface area contributed by atoms with Crippen molar-refractivity contribution in [3.63, 3.8) is 0 Å². The molecule has 0 aromatic carbocycles. The van der Waals surface area contributed by atoms with Crippen molar-refractivity contribution < 1.29 is 59.0 Å². The minimum absolute atomic E-state index is 0.0276. The zero-order valence-corrected chi connectivity index (χ0v) is 78.6. The second kappa shape index (κ2) is 39.2. The number of rotatable bonds is 34. The highest BCUT2D eigenvalue weighted by molar-refractivity contribution is 7.90. The number of sulfonamides is 3. The number of fused-ring (bicyclic) bond motifs is 6. The van der Waals surface area contributed by atoms with E-state index in [1.165, 1.54) is 162 Å². The first kappa shape index (κ1) is 93.0. The molecule has 32 nitrogen and oxygen atoms in total. The number of amides is 2. The molecule has 5 N–H and O–H groups in total. The number of aryl methyl sites for hydroxylation is 3. The second-order valence-electron chi connectivity index (χ2n) is 39.7. The Labute approximate surface area is 765 Å². The molecule has 0 radical (unpaired) electrons. The molecular weight excluding hydrogens is 1750 g/mol. The summed E-state index contributed by atoms with van der Waals surface area (Å²) in [4.78, 5) is 52.8. The number of carbonyl (C=O) groups is 3. The van der Waals surface area contributed by atoms with E-state index >= 15 is 0 Å². The Morgan fingerprint density at radius 3 is 1.41 bits per heavy atom. The summed E-state index contributed by atoms with van der Waals surface area (Å²) in [6.45, 7) is 18.3. The van der Waals surface area contributed by atoms with E-state index in [1.54, 1.807) is 86.1 Å². The van der Waals surface area contributed by atoms with Gasteiger partial charge in [-0.15, -0.1) is 15.3 Å². The number of primary sulfonamides is 1. The van der Waals surface area contributed by atoms with E-state index in [2.05, 4.69) is 96.4 Å². The van der Waals surface area contributed by atoms with Gasteiger partial charge < -0.3 is 24.2 Å². The monoisotopic (exact) mass is 1870 g/mol. The minimum atomic E-state index is -4.19. The largest absolute Gasteiger partial charge is 0.478 e. The van der Waals surface area contributed by atoms with Crippen molar-refractivity contribution >= 4 is 76.9 Å². The molecule has 2 aliphatic heterocycles. The van der Waals surface area contributed by atoms with Crippen LogP contribution in [0.3, 0.4) is 0 Å². The third-order valence-corrected chi connectivity index (χ3v) is 31.4. The molecule has 1 saturated heterocycles. The first-order valence-electron chi connectivity index (χ1n) is 46.3. The lowest BCUT2D eigenvalue weighted by Crippen LogP contribution is -2.41. The maximum Gasteiger partial charge on any atom is 0.338 e. The molecule has 4 bridgehead atoms. The first-order chi connectivity index (χ1) is 61.6. The molecule has 8 aliphatic carbocycles. The number of ether oxygens (including phenoxy) is 3. The Morgan fingerprint density at radius 2 is 0.984 bits per heavy atom. The fourth-order valence-electron chi connectivity index (χ4n) is 20.1. The maximum atomic E-state index is 13.5. The number of carboxylic acids is 1. The summed E-state index contributed by atoms with van der Waals surface area (Å²) in [5.74, 6) is 10.4. The van der Waals surface area contributed by atoms with Crippen molar-refractivity contribution in [2.45, 2.75) is 262 Å². The smallest absolute Gasteiger partial charge is 0.338 e. The molecule has 11 heterocycles. The van der Waals surface area contributed by atoms with Gasteiger partial charge in [0, 0.05) is 87.1 Å². The van der Waals surface area contributed by atoms with E-state index in [0.29, 0.717) is 96.5 Å². The molecule has 8 saturated carbocycles. The molecule has 2 amide bonds. The van der Waals surface area contributed by atoms with Crippen LogP contribution in [0, 0.1) is 81.8 Å². The van der Waals surface area contributed by atoms with Gasteiger partial charge in [0.25, 0.3) is 41.9 Å². The number of nitrogens with zero attached hydrogens (tertiary/aromatic N) is 16. The van der Waals surface area contributed by atoms with Gasteiger partial charge in [-0.25, -0.2) is 56.8 Å². The second-order valence-corrected chi connectivity index (χ2v) is 45.2. The van der Waals surface area contributed by atoms with Crippen LogP contribution in [-0.4, -0.2) is 154 Å². The molecule has 37 heteroatoms. The van der Waals surface area contributed by atoms with E-state index < -0.39 is 47.9 Å². The zero-order valence-electron chi connectivity index (χ0n) is 74.6. The predicted octanol–water partition coefficient (Wildman–Crippen LogP) is 16.2. The lowest BCUT2D eigenvalue weighted by Gasteiger charge is -2.34. The molecule has 696 valence electrons. The molecule has 9 aromatic rings. The van der Waals surface area contributed by atoms with Crippen LogP contribution < -0.4 is 33.7 Å². The number of anilines is 1. The third-order valence-electron chi connectivity index (χ3n) is 27.6. The summed E-state index contributed by atoms with van der Waals surface area (Å²) >= 11 is 12.2. The standard InChI is InChI=1S/C31H41ClN6O4S.C30H39N7O4S.C18H20ClN3O3.C13H23N3O2S/c1-31(2)15-11-21(20-31)4-3-16-37-17-13-28(35-37)43(40,41)36-30(39)25-9-10-26(33-29(25)32)38-18-12-27(34-38)42-19-14-24(22-5-6-22)23-7-8-23;1-30(2)18-20-4-3-14-35-15-12-27(33-35)42(39,40)34-29(38)24-9-10-25(31-28(24)36(30)19-20)37-16-11-26(32-37)41-17-13-23(21-5-6-21)22-7-8-22;19-17-14(18(23)24)5-6-15(20-17)22-9-7-16(21-22)25-10-8-13(11-1-2-11)12-3-4-12;1-13(2)7-5-11(10-13)4-3-8-16-9-6-12(15-16)19(14,17)18/h9-10,12-13,17-18,21-24H,3-8,11,14-16,19-20H2,1-2H3,(H,36,39);9-12,15-16,20-23H,3-8,13-14,17-19H2,1-2H3,(H,34,38);5-7,9,11-13H,1-4,8,10H2,(H,23,24);6,9,11H,3-5,7-8,10H2,1-2H3,(H2,14,17,18). The highest BCUT2D eigenvalue weighted by Crippen LogP contribution is 2.54. The van der Waals surface area contributed by atoms with Crippen LogP contribution in [0.1, 0.15) is 252 Å². The Balaban J connectivity index is 0.000000132. The number of carboxylic acid groups (broad SMARTS) is 1. The van der Waals surface area contributed by atoms with Crippen LogP contribution in [0.15, 0.2) is 125 Å². The molecular formula is C92H123Cl2N19O13S3. The van der Waals surface area contributed by atoms with Gasteiger partial charge in [0.15, 0.2) is 32.5 Å². The Kier molecular flexibility index (Phi) is 28.3. The van der Waals surface area contributed by atoms with Gasteiger partial charge in [0.05, 0.1) is 36.5 Å². The number of pyridine rings is 3. The summed E-state index contributed by atoms with van der Waals surface area (Å²) in [7, 11) is -12.0. The Morgan fingerprint density at radius 1 is 0.543 bits per heavy atom. The van der Waals surface area contributed by atoms with Gasteiger partial charge in [-0.3, -0.25) is 23.6 Å². The van der Waals surface area contributed by atoms with Crippen LogP contribution in [0.2, 0.25) is 10.3 Å². The van der Waals surface area contributed by atoms with Gasteiger partial charge >= 0.3 is 5.97 Å². The van der Waals surface area contributed by atoms with E-state index in [1.807, 2.05) is 12.3 Å². The normalized spacial score (nSPS) is 20.9. The lowest BCUT2D eigenvalue weighted by atomic mass is 9.89. The van der Waals surface area contributed by atoms with E-state index in [0.717, 1.165) is 130 Å². The van der Waals surface area contributed by atoms with Crippen molar-refractivity contribution in [1.29, 1.82) is 0 Å². The zero-order chi connectivity index (χ0) is 90.7. The van der Waals surface area contributed by atoms with Crippen molar-refractivity contribution in [1.82, 2.24) is 83.1 Å². The summed E-state index contributed by atoms with van der Waals surface area (Å²) in [5.41, 5.74) is 0.739. The fourth-order valence-corrected chi connectivity index (χ4v) is 22.8. The minimum Gasteiger partial charge on any atom is -0.478 e. The van der Waals surface area contributed by atoms with Crippen LogP contribution in [0.5, 0.6) is 17.6 Å². The Hall–Kier alpha value is -9.29. The number of aromatic nitrogens is 15. The van der Waals surface area contributed by atoms with Gasteiger partial charge in [-0.05, 0) is 330 Å². The number of carbonyl (C=O) groups excluding carboxylic acids is 2. The number of aromatic carboxylic acids is 1. The summed E-state index contributed by atoms with van der Waals surface area (Å²) in [6.07, 6.45) is 44.5. The van der Waals surface area contributed by atoms with E-state index in [-0.39, 0.29) is 47.6 Å². The van der Waals surface area contributed by atoms with Gasteiger partial charge in [-0.2, -0.15) is 32.1 Å². The summed E-state index contributed by atoms with van der Waals surface area (Å²) < 4.78 is 106. The average Bonchev–Trinajstić information content (AvgIpc) is 1.59. The quantitative estimate of drug-likeness (QED) is 0.0272. The molecule has 3 atom stereocenters. The van der Waals surface area contributed by atoms with Gasteiger partial charge in [0.1, 0.15) is 16.1 Å². The predicted molar refractivity (Wildman–Crippen MR) is 485 cm³/mol. The van der Waals surface area contributed by atoms with Crippen LogP contribution >= 0.6 is 23.2 Å². The molecule has 0 spiro atoms. The topological polar surface area (TPSA) is 400 Å². The van der Waals surface area contributed by atoms with Crippen molar-refractivity contribution in [2.75, 3.05) is 31.3 Å². The fraction of sp³-hybridized carbons (Fsp3) is 0.609. The lowest BCUT2D eigenvalue weighted by molar-refractivity contribution is 0.0695. The highest BCUT2D eigenvalue weighted by atomic mass is 35.5. The van der Waals surface area contributed by atoms with E-state index in [4.69, 9.17) is 52.6 Å². The molecule has 10 aliphatic rings. The third kappa shape index (κ3) is 24.9. The molecule has 129 heavy (non-hydrogen) atoms. The van der Waals surface area contributed by atoms with Gasteiger partial charge in [0.2, 0.25) is 17.6 Å². The van der Waals surface area contributed by atoms with Gasteiger partial charge in [-0.1, -0.05) is 50.9 Å². The molecule has 19 rings (SSSR count). The maximum absolute atomic E-state index is 13.5.